The van der Waals surface area contributed by atoms with Crippen LogP contribution in [0.2, 0.25) is 0 Å². The molecule has 0 aliphatic carbocycles. The van der Waals surface area contributed by atoms with Crippen LogP contribution in [0.3, 0.4) is 0 Å². The van der Waals surface area contributed by atoms with Gasteiger partial charge in [0.15, 0.2) is 0 Å². The Morgan fingerprint density at radius 2 is 1.67 bits per heavy atom. The van der Waals surface area contributed by atoms with Crippen LogP contribution in [0.1, 0.15) is 10.4 Å². The first-order valence-corrected chi connectivity index (χ1v) is 8.67. The molecule has 2 aromatic rings. The minimum Gasteiger partial charge on any atom is -0.322 e. The standard InChI is InChI=1S/C14H13BrN2O3S/c1-21(19,20)17-13-5-3-2-4-12(13)14(18)16-11-8-6-10(15)7-9-11/h2-9,17H,1H3,(H,16,18). The van der Waals surface area contributed by atoms with Gasteiger partial charge in [0.05, 0.1) is 17.5 Å². The third-order valence-electron chi connectivity index (χ3n) is 2.57. The van der Waals surface area contributed by atoms with Crippen LogP contribution in [-0.4, -0.2) is 20.6 Å². The van der Waals surface area contributed by atoms with Crippen molar-refractivity contribution in [3.05, 3.63) is 58.6 Å². The summed E-state index contributed by atoms with van der Waals surface area (Å²) in [4.78, 5) is 12.2. The first-order chi connectivity index (χ1) is 9.85. The van der Waals surface area contributed by atoms with E-state index in [9.17, 15) is 13.2 Å². The summed E-state index contributed by atoms with van der Waals surface area (Å²) in [6, 6.07) is 13.5. The van der Waals surface area contributed by atoms with Crippen molar-refractivity contribution in [3.8, 4) is 0 Å². The second-order valence-electron chi connectivity index (χ2n) is 4.38. The lowest BCUT2D eigenvalue weighted by Gasteiger charge is -2.11. The summed E-state index contributed by atoms with van der Waals surface area (Å²) >= 11 is 3.31. The Bertz CT molecular complexity index is 758. The molecule has 0 aromatic heterocycles. The second-order valence-corrected chi connectivity index (χ2v) is 7.04. The monoisotopic (exact) mass is 368 g/mol. The Morgan fingerprint density at radius 3 is 2.29 bits per heavy atom. The quantitative estimate of drug-likeness (QED) is 0.870. The van der Waals surface area contributed by atoms with Gasteiger partial charge in [0.2, 0.25) is 10.0 Å². The molecule has 0 spiro atoms. The number of halogens is 1. The topological polar surface area (TPSA) is 75.3 Å². The summed E-state index contributed by atoms with van der Waals surface area (Å²) in [5.74, 6) is -0.385. The van der Waals surface area contributed by atoms with Gasteiger partial charge in [-0.25, -0.2) is 8.42 Å². The molecule has 0 bridgehead atoms. The van der Waals surface area contributed by atoms with Crippen molar-refractivity contribution < 1.29 is 13.2 Å². The number of nitrogens with one attached hydrogen (secondary N) is 2. The number of carbonyl (C=O) groups excluding carboxylic acids is 1. The van der Waals surface area contributed by atoms with Crippen LogP contribution in [0.4, 0.5) is 11.4 Å². The van der Waals surface area contributed by atoms with E-state index in [0.717, 1.165) is 10.7 Å². The van der Waals surface area contributed by atoms with E-state index in [1.165, 1.54) is 6.07 Å². The lowest BCUT2D eigenvalue weighted by Crippen LogP contribution is -2.17. The summed E-state index contributed by atoms with van der Waals surface area (Å²) in [7, 11) is -3.45. The molecule has 2 N–H and O–H groups in total. The zero-order valence-electron chi connectivity index (χ0n) is 11.1. The molecule has 0 unspecified atom stereocenters. The van der Waals surface area contributed by atoms with Gasteiger partial charge in [-0.15, -0.1) is 0 Å². The maximum Gasteiger partial charge on any atom is 0.257 e. The molecule has 0 saturated carbocycles. The van der Waals surface area contributed by atoms with E-state index < -0.39 is 10.0 Å². The maximum absolute atomic E-state index is 12.2. The SMILES string of the molecule is CS(=O)(=O)Nc1ccccc1C(=O)Nc1ccc(Br)cc1. The van der Waals surface area contributed by atoms with E-state index in [1.807, 2.05) is 0 Å². The molecule has 0 fully saturated rings. The van der Waals surface area contributed by atoms with Gasteiger partial charge < -0.3 is 5.32 Å². The summed E-state index contributed by atoms with van der Waals surface area (Å²) in [5, 5.41) is 2.72. The van der Waals surface area contributed by atoms with Crippen molar-refractivity contribution in [1.82, 2.24) is 0 Å². The lowest BCUT2D eigenvalue weighted by atomic mass is 10.1. The normalized spacial score (nSPS) is 11.0. The largest absolute Gasteiger partial charge is 0.322 e. The minimum atomic E-state index is -3.45. The predicted molar refractivity (Wildman–Crippen MR) is 87.0 cm³/mol. The van der Waals surface area contributed by atoms with Gasteiger partial charge in [0.25, 0.3) is 5.91 Å². The number of amides is 1. The molecule has 0 radical (unpaired) electrons. The van der Waals surface area contributed by atoms with Crippen LogP contribution in [0.15, 0.2) is 53.0 Å². The Hall–Kier alpha value is -1.86. The molecule has 21 heavy (non-hydrogen) atoms. The van der Waals surface area contributed by atoms with Gasteiger partial charge >= 0.3 is 0 Å². The van der Waals surface area contributed by atoms with Crippen LogP contribution in [0.5, 0.6) is 0 Å². The number of rotatable bonds is 4. The van der Waals surface area contributed by atoms with Crippen molar-refractivity contribution in [1.29, 1.82) is 0 Å². The Balaban J connectivity index is 2.25. The van der Waals surface area contributed by atoms with Gasteiger partial charge in [0, 0.05) is 10.2 Å². The zero-order valence-corrected chi connectivity index (χ0v) is 13.5. The number of hydrogen-bond donors (Lipinski definition) is 2. The highest BCUT2D eigenvalue weighted by Crippen LogP contribution is 2.19. The molecule has 5 nitrogen and oxygen atoms in total. The highest BCUT2D eigenvalue weighted by molar-refractivity contribution is 9.10. The van der Waals surface area contributed by atoms with Gasteiger partial charge in [0.1, 0.15) is 0 Å². The van der Waals surface area contributed by atoms with Crippen molar-refractivity contribution in [2.45, 2.75) is 0 Å². The summed E-state index contributed by atoms with van der Waals surface area (Å²) in [6.45, 7) is 0. The second kappa shape index (κ2) is 6.28. The molecule has 2 rings (SSSR count). The van der Waals surface area contributed by atoms with E-state index in [4.69, 9.17) is 0 Å². The maximum atomic E-state index is 12.2. The zero-order chi connectivity index (χ0) is 15.5. The molecule has 2 aromatic carbocycles. The molecule has 0 heterocycles. The molecule has 0 aliphatic heterocycles. The third-order valence-corrected chi connectivity index (χ3v) is 3.69. The summed E-state index contributed by atoms with van der Waals surface area (Å²) in [5.41, 5.74) is 1.12. The fourth-order valence-electron chi connectivity index (χ4n) is 1.70. The minimum absolute atomic E-state index is 0.245. The van der Waals surface area contributed by atoms with Crippen LogP contribution in [-0.2, 0) is 10.0 Å². The molecule has 0 aliphatic rings. The van der Waals surface area contributed by atoms with Crippen LogP contribution < -0.4 is 10.0 Å². The molecular weight excluding hydrogens is 356 g/mol. The van der Waals surface area contributed by atoms with Crippen LogP contribution in [0, 0.1) is 0 Å². The molecular formula is C14H13BrN2O3S. The van der Waals surface area contributed by atoms with Crippen molar-refractivity contribution >= 4 is 43.2 Å². The average molecular weight is 369 g/mol. The molecule has 1 amide bonds. The van der Waals surface area contributed by atoms with Crippen LogP contribution >= 0.6 is 15.9 Å². The Kier molecular flexibility index (Phi) is 4.64. The van der Waals surface area contributed by atoms with E-state index in [-0.39, 0.29) is 17.2 Å². The molecule has 0 saturated heterocycles. The van der Waals surface area contributed by atoms with E-state index in [2.05, 4.69) is 26.0 Å². The van der Waals surface area contributed by atoms with E-state index in [1.54, 1.807) is 42.5 Å². The first-order valence-electron chi connectivity index (χ1n) is 5.99. The van der Waals surface area contributed by atoms with Crippen LogP contribution in [0.25, 0.3) is 0 Å². The highest BCUT2D eigenvalue weighted by atomic mass is 79.9. The van der Waals surface area contributed by atoms with Crippen molar-refractivity contribution in [2.24, 2.45) is 0 Å². The number of carbonyl (C=O) groups is 1. The van der Waals surface area contributed by atoms with Gasteiger partial charge in [-0.3, -0.25) is 9.52 Å². The lowest BCUT2D eigenvalue weighted by molar-refractivity contribution is 0.102. The number of anilines is 2. The number of benzene rings is 2. The summed E-state index contributed by atoms with van der Waals surface area (Å²) < 4.78 is 25.9. The molecule has 0 atom stereocenters. The fraction of sp³-hybridized carbons (Fsp3) is 0.0714. The molecule has 110 valence electrons. The van der Waals surface area contributed by atoms with Crippen molar-refractivity contribution in [3.63, 3.8) is 0 Å². The smallest absolute Gasteiger partial charge is 0.257 e. The van der Waals surface area contributed by atoms with Gasteiger partial charge in [-0.1, -0.05) is 28.1 Å². The van der Waals surface area contributed by atoms with E-state index in [0.29, 0.717) is 5.69 Å². The Morgan fingerprint density at radius 1 is 1.05 bits per heavy atom. The average Bonchev–Trinajstić information content (AvgIpc) is 2.40. The molecule has 7 heteroatoms. The van der Waals surface area contributed by atoms with E-state index >= 15 is 0 Å². The number of hydrogen-bond acceptors (Lipinski definition) is 3. The highest BCUT2D eigenvalue weighted by Gasteiger charge is 2.13. The van der Waals surface area contributed by atoms with Crippen molar-refractivity contribution in [2.75, 3.05) is 16.3 Å². The van der Waals surface area contributed by atoms with Gasteiger partial charge in [-0.2, -0.15) is 0 Å². The summed E-state index contributed by atoms with van der Waals surface area (Å²) in [6.07, 6.45) is 1.04. The number of sulfonamides is 1. The predicted octanol–water partition coefficient (Wildman–Crippen LogP) is 3.07. The third kappa shape index (κ3) is 4.57. The fourth-order valence-corrected chi connectivity index (χ4v) is 2.54. The number of para-hydroxylation sites is 1. The first kappa shape index (κ1) is 15.5. The van der Waals surface area contributed by atoms with Gasteiger partial charge in [-0.05, 0) is 36.4 Å². The Labute approximate surface area is 131 Å².